The van der Waals surface area contributed by atoms with Crippen LogP contribution in [0.5, 0.6) is 5.75 Å². The van der Waals surface area contributed by atoms with Crippen molar-refractivity contribution in [3.8, 4) is 23.3 Å². The number of nitrogens with zero attached hydrogens (tertiary/aromatic N) is 3. The molecule has 0 unspecified atom stereocenters. The third-order valence-corrected chi connectivity index (χ3v) is 6.81. The molecule has 1 fully saturated rings. The van der Waals surface area contributed by atoms with Crippen LogP contribution in [0.25, 0.3) is 11.5 Å². The predicted octanol–water partition coefficient (Wildman–Crippen LogP) is 6.90. The number of benzene rings is 3. The van der Waals surface area contributed by atoms with Gasteiger partial charge < -0.3 is 14.1 Å². The second kappa shape index (κ2) is 10.7. The molecule has 4 aromatic rings. The summed E-state index contributed by atoms with van der Waals surface area (Å²) in [7, 11) is 0. The Morgan fingerprint density at radius 1 is 0.971 bits per heavy atom. The Balaban J connectivity index is 1.23. The lowest BCUT2D eigenvalue weighted by molar-refractivity contribution is 0.306. The van der Waals surface area contributed by atoms with Crippen LogP contribution in [0, 0.1) is 17.2 Å². The SMILES string of the molecule is N#Cc1nc(-c2ccc(OCc3ccccc3Cl)cc2)oc1N1CCC(Cc2ccccc2)CC1. The zero-order valence-electron chi connectivity index (χ0n) is 19.4. The molecule has 0 amide bonds. The number of rotatable bonds is 7. The summed E-state index contributed by atoms with van der Waals surface area (Å²) in [5.74, 6) is 2.38. The van der Waals surface area contributed by atoms with Crippen molar-refractivity contribution in [2.24, 2.45) is 5.92 Å². The Labute approximate surface area is 210 Å². The average molecular weight is 484 g/mol. The molecule has 0 spiro atoms. The molecule has 3 aromatic carbocycles. The lowest BCUT2D eigenvalue weighted by atomic mass is 9.90. The van der Waals surface area contributed by atoms with Gasteiger partial charge in [0, 0.05) is 29.2 Å². The first-order valence-electron chi connectivity index (χ1n) is 11.9. The molecule has 5 rings (SSSR count). The van der Waals surface area contributed by atoms with E-state index < -0.39 is 0 Å². The maximum absolute atomic E-state index is 9.67. The molecule has 0 atom stereocenters. The Morgan fingerprint density at radius 3 is 2.40 bits per heavy atom. The minimum atomic E-state index is 0.334. The molecule has 35 heavy (non-hydrogen) atoms. The topological polar surface area (TPSA) is 62.3 Å². The summed E-state index contributed by atoms with van der Waals surface area (Å²) < 4.78 is 12.0. The molecule has 1 aromatic heterocycles. The third-order valence-electron chi connectivity index (χ3n) is 6.44. The van der Waals surface area contributed by atoms with E-state index in [0.29, 0.717) is 35.0 Å². The molecule has 0 saturated carbocycles. The van der Waals surface area contributed by atoms with Crippen LogP contribution < -0.4 is 9.64 Å². The fraction of sp³-hybridized carbons (Fsp3) is 0.241. The smallest absolute Gasteiger partial charge is 0.235 e. The van der Waals surface area contributed by atoms with Gasteiger partial charge in [-0.3, -0.25) is 0 Å². The van der Waals surface area contributed by atoms with E-state index in [0.717, 1.165) is 49.2 Å². The molecule has 0 N–H and O–H groups in total. The molecule has 0 radical (unpaired) electrons. The van der Waals surface area contributed by atoms with Crippen LogP contribution in [0.1, 0.15) is 29.7 Å². The molecular weight excluding hydrogens is 458 g/mol. The van der Waals surface area contributed by atoms with E-state index >= 15 is 0 Å². The first-order chi connectivity index (χ1) is 17.2. The number of nitriles is 1. The molecule has 1 aliphatic heterocycles. The Bertz CT molecular complexity index is 1300. The van der Waals surface area contributed by atoms with Crippen molar-refractivity contribution in [3.05, 3.63) is 101 Å². The minimum absolute atomic E-state index is 0.334. The maximum atomic E-state index is 9.67. The zero-order chi connectivity index (χ0) is 24.0. The van der Waals surface area contributed by atoms with Crippen molar-refractivity contribution < 1.29 is 9.15 Å². The van der Waals surface area contributed by atoms with Crippen LogP contribution in [0.4, 0.5) is 5.88 Å². The highest BCUT2D eigenvalue weighted by Gasteiger charge is 2.25. The quantitative estimate of drug-likeness (QED) is 0.286. The van der Waals surface area contributed by atoms with Gasteiger partial charge in [-0.05, 0) is 61.1 Å². The van der Waals surface area contributed by atoms with E-state index in [1.165, 1.54) is 5.56 Å². The zero-order valence-corrected chi connectivity index (χ0v) is 20.1. The Kier molecular flexibility index (Phi) is 7.02. The summed E-state index contributed by atoms with van der Waals surface area (Å²) >= 11 is 6.20. The number of aromatic nitrogens is 1. The summed E-state index contributed by atoms with van der Waals surface area (Å²) in [5, 5.41) is 10.4. The predicted molar refractivity (Wildman–Crippen MR) is 138 cm³/mol. The van der Waals surface area contributed by atoms with Crippen molar-refractivity contribution in [2.75, 3.05) is 18.0 Å². The van der Waals surface area contributed by atoms with Crippen LogP contribution in [0.15, 0.2) is 83.3 Å². The van der Waals surface area contributed by atoms with Crippen molar-refractivity contribution in [1.29, 1.82) is 5.26 Å². The monoisotopic (exact) mass is 483 g/mol. The van der Waals surface area contributed by atoms with Crippen molar-refractivity contribution in [1.82, 2.24) is 4.98 Å². The van der Waals surface area contributed by atoms with E-state index in [-0.39, 0.29) is 0 Å². The van der Waals surface area contributed by atoms with Gasteiger partial charge in [-0.2, -0.15) is 10.2 Å². The first-order valence-corrected chi connectivity index (χ1v) is 12.2. The van der Waals surface area contributed by atoms with Crippen LogP contribution in [-0.2, 0) is 13.0 Å². The van der Waals surface area contributed by atoms with Crippen LogP contribution in [0.2, 0.25) is 5.02 Å². The largest absolute Gasteiger partial charge is 0.489 e. The molecular formula is C29H26ClN3O2. The highest BCUT2D eigenvalue weighted by atomic mass is 35.5. The molecule has 1 saturated heterocycles. The normalized spacial score (nSPS) is 14.0. The minimum Gasteiger partial charge on any atom is -0.489 e. The summed E-state index contributed by atoms with van der Waals surface area (Å²) in [5.41, 5.74) is 3.45. The van der Waals surface area contributed by atoms with E-state index in [9.17, 15) is 5.26 Å². The lowest BCUT2D eigenvalue weighted by Gasteiger charge is -2.31. The van der Waals surface area contributed by atoms with Gasteiger partial charge in [-0.1, -0.05) is 60.1 Å². The van der Waals surface area contributed by atoms with E-state index in [1.54, 1.807) is 0 Å². The number of ether oxygens (including phenoxy) is 1. The number of piperidine rings is 1. The summed E-state index contributed by atoms with van der Waals surface area (Å²) in [6, 6.07) is 28.0. The standard InChI is InChI=1S/C29H26ClN3O2/c30-26-9-5-4-8-24(26)20-34-25-12-10-23(11-13-25)28-32-27(19-31)29(35-28)33-16-14-22(15-17-33)18-21-6-2-1-3-7-21/h1-13,22H,14-18,20H2. The number of halogens is 1. The Morgan fingerprint density at radius 2 is 1.69 bits per heavy atom. The van der Waals surface area contributed by atoms with Gasteiger partial charge in [0.15, 0.2) is 0 Å². The lowest BCUT2D eigenvalue weighted by Crippen LogP contribution is -2.34. The first kappa shape index (κ1) is 23.0. The second-order valence-corrected chi connectivity index (χ2v) is 9.22. The van der Waals surface area contributed by atoms with Gasteiger partial charge >= 0.3 is 0 Å². The van der Waals surface area contributed by atoms with Gasteiger partial charge in [0.2, 0.25) is 17.5 Å². The summed E-state index contributed by atoms with van der Waals surface area (Å²) in [4.78, 5) is 6.62. The van der Waals surface area contributed by atoms with Crippen LogP contribution >= 0.6 is 11.6 Å². The summed E-state index contributed by atoms with van der Waals surface area (Å²) in [6.07, 6.45) is 3.22. The molecule has 2 heterocycles. The van der Waals surface area contributed by atoms with Gasteiger partial charge in [0.1, 0.15) is 18.4 Å². The van der Waals surface area contributed by atoms with Crippen molar-refractivity contribution in [2.45, 2.75) is 25.9 Å². The van der Waals surface area contributed by atoms with Crippen molar-refractivity contribution in [3.63, 3.8) is 0 Å². The molecule has 5 nitrogen and oxygen atoms in total. The van der Waals surface area contributed by atoms with Gasteiger partial charge in [0.25, 0.3) is 0 Å². The molecule has 0 aliphatic carbocycles. The van der Waals surface area contributed by atoms with E-state index in [1.807, 2.05) is 48.5 Å². The average Bonchev–Trinajstić information content (AvgIpc) is 3.34. The highest BCUT2D eigenvalue weighted by molar-refractivity contribution is 6.31. The molecule has 6 heteroatoms. The number of hydrogen-bond acceptors (Lipinski definition) is 5. The molecule has 1 aliphatic rings. The molecule has 0 bridgehead atoms. The van der Waals surface area contributed by atoms with Gasteiger partial charge in [-0.15, -0.1) is 0 Å². The Hall–Kier alpha value is -3.75. The number of oxazole rings is 1. The van der Waals surface area contributed by atoms with Gasteiger partial charge in [0.05, 0.1) is 0 Å². The third kappa shape index (κ3) is 5.50. The van der Waals surface area contributed by atoms with E-state index in [4.69, 9.17) is 20.8 Å². The number of anilines is 1. The number of hydrogen-bond donors (Lipinski definition) is 0. The van der Waals surface area contributed by atoms with Crippen LogP contribution in [-0.4, -0.2) is 18.1 Å². The highest BCUT2D eigenvalue weighted by Crippen LogP contribution is 2.32. The maximum Gasteiger partial charge on any atom is 0.235 e. The molecule has 176 valence electrons. The van der Waals surface area contributed by atoms with Crippen LogP contribution in [0.3, 0.4) is 0 Å². The fourth-order valence-corrected chi connectivity index (χ4v) is 4.67. The fourth-order valence-electron chi connectivity index (χ4n) is 4.48. The van der Waals surface area contributed by atoms with E-state index in [2.05, 4.69) is 46.3 Å². The second-order valence-electron chi connectivity index (χ2n) is 8.81. The van der Waals surface area contributed by atoms with Crippen molar-refractivity contribution >= 4 is 17.5 Å². The summed E-state index contributed by atoms with van der Waals surface area (Å²) in [6.45, 7) is 2.10. The van der Waals surface area contributed by atoms with Gasteiger partial charge in [-0.25, -0.2) is 0 Å².